The maximum absolute atomic E-state index is 13.2. The molecule has 0 saturated carbocycles. The molecule has 1 rings (SSSR count). The molecule has 1 unspecified atom stereocenters. The Hall–Kier alpha value is -1.10. The quantitative estimate of drug-likeness (QED) is 0.582. The van der Waals surface area contributed by atoms with E-state index in [9.17, 15) is 9.18 Å². The molecule has 0 heterocycles. The molecule has 20 heavy (non-hydrogen) atoms. The van der Waals surface area contributed by atoms with Crippen LogP contribution < -0.4 is 5.73 Å². The zero-order chi connectivity index (χ0) is 15.1. The second kappa shape index (κ2) is 8.25. The molecule has 1 aromatic rings. The average Bonchev–Trinajstić information content (AvgIpc) is 2.42. The highest BCUT2D eigenvalue weighted by atomic mass is 79.9. The summed E-state index contributed by atoms with van der Waals surface area (Å²) in [5.41, 5.74) is 5.67. The normalized spacial score (nSPS) is 12.2. The second-order valence-electron chi connectivity index (χ2n) is 4.87. The van der Waals surface area contributed by atoms with E-state index in [0.717, 1.165) is 25.7 Å². The van der Waals surface area contributed by atoms with E-state index in [0.29, 0.717) is 17.0 Å². The minimum atomic E-state index is -0.553. The number of nitrogen functional groups attached to an aromatic ring is 1. The fourth-order valence-electron chi connectivity index (χ4n) is 1.89. The number of halogens is 2. The van der Waals surface area contributed by atoms with Gasteiger partial charge in [0.05, 0.1) is 17.9 Å². The minimum Gasteiger partial charge on any atom is -0.462 e. The van der Waals surface area contributed by atoms with Gasteiger partial charge in [0.25, 0.3) is 0 Å². The van der Waals surface area contributed by atoms with Gasteiger partial charge in [-0.2, -0.15) is 0 Å². The van der Waals surface area contributed by atoms with Gasteiger partial charge in [0.15, 0.2) is 0 Å². The Balaban J connectivity index is 2.65. The van der Waals surface area contributed by atoms with Crippen molar-refractivity contribution in [2.75, 3.05) is 12.3 Å². The van der Waals surface area contributed by atoms with Crippen LogP contribution in [0.5, 0.6) is 0 Å². The first-order valence-electron chi connectivity index (χ1n) is 6.91. The van der Waals surface area contributed by atoms with Crippen molar-refractivity contribution in [2.24, 2.45) is 5.92 Å². The smallest absolute Gasteiger partial charge is 0.339 e. The van der Waals surface area contributed by atoms with Gasteiger partial charge in [-0.1, -0.05) is 33.1 Å². The molecule has 0 aliphatic heterocycles. The van der Waals surface area contributed by atoms with Crippen LogP contribution in [0.25, 0.3) is 0 Å². The van der Waals surface area contributed by atoms with Crippen molar-refractivity contribution in [3.05, 3.63) is 28.0 Å². The van der Waals surface area contributed by atoms with Crippen LogP contribution in [0.3, 0.4) is 0 Å². The maximum Gasteiger partial charge on any atom is 0.339 e. The summed E-state index contributed by atoms with van der Waals surface area (Å²) in [5, 5.41) is 0. The number of hydrogen-bond acceptors (Lipinski definition) is 3. The summed E-state index contributed by atoms with van der Waals surface area (Å²) in [5.74, 6) is -0.656. The van der Waals surface area contributed by atoms with Crippen molar-refractivity contribution >= 4 is 27.6 Å². The fourth-order valence-corrected chi connectivity index (χ4v) is 2.37. The molecule has 0 amide bonds. The molecular weight excluding hydrogens is 325 g/mol. The molecule has 0 aliphatic rings. The van der Waals surface area contributed by atoms with Crippen molar-refractivity contribution in [2.45, 2.75) is 39.5 Å². The van der Waals surface area contributed by atoms with Crippen LogP contribution in [0.2, 0.25) is 0 Å². The summed E-state index contributed by atoms with van der Waals surface area (Å²) >= 11 is 3.15. The van der Waals surface area contributed by atoms with Crippen LogP contribution in [0, 0.1) is 11.7 Å². The number of ether oxygens (including phenoxy) is 1. The molecule has 5 heteroatoms. The fraction of sp³-hybridized carbons (Fsp3) is 0.533. The molecular formula is C15H21BrFNO2. The van der Waals surface area contributed by atoms with Gasteiger partial charge in [-0.25, -0.2) is 9.18 Å². The van der Waals surface area contributed by atoms with Gasteiger partial charge in [-0.05, 0) is 40.4 Å². The van der Waals surface area contributed by atoms with E-state index < -0.39 is 11.8 Å². The van der Waals surface area contributed by atoms with Gasteiger partial charge in [0.2, 0.25) is 0 Å². The molecule has 0 radical (unpaired) electrons. The number of benzene rings is 1. The van der Waals surface area contributed by atoms with Crippen molar-refractivity contribution < 1.29 is 13.9 Å². The maximum atomic E-state index is 13.2. The van der Waals surface area contributed by atoms with Crippen molar-refractivity contribution in [1.82, 2.24) is 0 Å². The number of carbonyl (C=O) groups excluding carboxylic acids is 1. The molecule has 0 bridgehead atoms. The Morgan fingerprint density at radius 1 is 1.45 bits per heavy atom. The summed E-state index contributed by atoms with van der Waals surface area (Å²) in [6.07, 6.45) is 4.28. The van der Waals surface area contributed by atoms with E-state index in [1.165, 1.54) is 12.1 Å². The molecule has 1 aromatic carbocycles. The van der Waals surface area contributed by atoms with Gasteiger partial charge in [0.1, 0.15) is 5.82 Å². The molecule has 0 spiro atoms. The number of anilines is 1. The first-order chi connectivity index (χ1) is 9.49. The van der Waals surface area contributed by atoms with Crippen LogP contribution in [0.1, 0.15) is 49.9 Å². The number of nitrogens with two attached hydrogens (primary N) is 1. The van der Waals surface area contributed by atoms with Crippen molar-refractivity contribution in [1.29, 1.82) is 0 Å². The van der Waals surface area contributed by atoms with Crippen molar-refractivity contribution in [3.8, 4) is 0 Å². The molecule has 1 atom stereocenters. The number of unbranched alkanes of at least 4 members (excludes halogenated alkanes) is 1. The highest BCUT2D eigenvalue weighted by Crippen LogP contribution is 2.24. The topological polar surface area (TPSA) is 52.3 Å². The molecule has 3 nitrogen and oxygen atoms in total. The Bertz CT molecular complexity index is 465. The first kappa shape index (κ1) is 17.0. The predicted molar refractivity (Wildman–Crippen MR) is 82.1 cm³/mol. The van der Waals surface area contributed by atoms with E-state index in [4.69, 9.17) is 10.5 Å². The first-order valence-corrected chi connectivity index (χ1v) is 7.70. The summed E-state index contributed by atoms with van der Waals surface area (Å²) in [4.78, 5) is 12.0. The third-order valence-electron chi connectivity index (χ3n) is 3.30. The average molecular weight is 346 g/mol. The van der Waals surface area contributed by atoms with Crippen LogP contribution >= 0.6 is 15.9 Å². The van der Waals surface area contributed by atoms with E-state index in [1.807, 2.05) is 0 Å². The Kier molecular flexibility index (Phi) is 6.99. The van der Waals surface area contributed by atoms with E-state index >= 15 is 0 Å². The van der Waals surface area contributed by atoms with Gasteiger partial charge in [-0.15, -0.1) is 0 Å². The number of esters is 1. The van der Waals surface area contributed by atoms with E-state index in [-0.39, 0.29) is 11.3 Å². The molecule has 0 saturated heterocycles. The Morgan fingerprint density at radius 3 is 2.75 bits per heavy atom. The summed E-state index contributed by atoms with van der Waals surface area (Å²) in [7, 11) is 0. The van der Waals surface area contributed by atoms with Crippen molar-refractivity contribution in [3.63, 3.8) is 0 Å². The largest absolute Gasteiger partial charge is 0.462 e. The van der Waals surface area contributed by atoms with Gasteiger partial charge < -0.3 is 10.5 Å². The summed E-state index contributed by atoms with van der Waals surface area (Å²) < 4.78 is 18.9. The SMILES string of the molecule is CCCCC(CC)COC(=O)c1cc(N)c(F)cc1Br. The lowest BCUT2D eigenvalue weighted by atomic mass is 10.0. The number of rotatable bonds is 7. The predicted octanol–water partition coefficient (Wildman–Crippen LogP) is 4.54. The highest BCUT2D eigenvalue weighted by Gasteiger charge is 2.16. The minimum absolute atomic E-state index is 0.0572. The van der Waals surface area contributed by atoms with Crippen LogP contribution in [-0.4, -0.2) is 12.6 Å². The lowest BCUT2D eigenvalue weighted by Crippen LogP contribution is -2.15. The zero-order valence-electron chi connectivity index (χ0n) is 11.9. The summed E-state index contributed by atoms with van der Waals surface area (Å²) in [6.45, 7) is 4.61. The third kappa shape index (κ3) is 4.78. The molecule has 0 fully saturated rings. The molecule has 0 aromatic heterocycles. The van der Waals surface area contributed by atoms with Gasteiger partial charge >= 0.3 is 5.97 Å². The molecule has 112 valence electrons. The zero-order valence-corrected chi connectivity index (χ0v) is 13.5. The van der Waals surface area contributed by atoms with E-state index in [2.05, 4.69) is 29.8 Å². The second-order valence-corrected chi connectivity index (χ2v) is 5.72. The third-order valence-corrected chi connectivity index (χ3v) is 3.96. The van der Waals surface area contributed by atoms with Crippen LogP contribution in [0.4, 0.5) is 10.1 Å². The number of carbonyl (C=O) groups is 1. The lowest BCUT2D eigenvalue weighted by molar-refractivity contribution is 0.0427. The van der Waals surface area contributed by atoms with Gasteiger partial charge in [-0.3, -0.25) is 0 Å². The Morgan fingerprint density at radius 2 is 2.15 bits per heavy atom. The van der Waals surface area contributed by atoms with Gasteiger partial charge in [0, 0.05) is 4.47 Å². The standard InChI is InChI=1S/C15H21BrFNO2/c1-3-5-6-10(4-2)9-20-15(19)11-7-14(18)13(17)8-12(11)16/h7-8,10H,3-6,9,18H2,1-2H3. The monoisotopic (exact) mass is 345 g/mol. The Labute approximate surface area is 127 Å². The summed E-state index contributed by atoms with van der Waals surface area (Å²) in [6, 6.07) is 2.48. The molecule has 0 aliphatic carbocycles. The van der Waals surface area contributed by atoms with Crippen LogP contribution in [-0.2, 0) is 4.74 Å². The molecule has 2 N–H and O–H groups in total. The lowest BCUT2D eigenvalue weighted by Gasteiger charge is -2.15. The number of hydrogen-bond donors (Lipinski definition) is 1. The van der Waals surface area contributed by atoms with E-state index in [1.54, 1.807) is 0 Å². The highest BCUT2D eigenvalue weighted by molar-refractivity contribution is 9.10. The van der Waals surface area contributed by atoms with Crippen LogP contribution in [0.15, 0.2) is 16.6 Å².